The van der Waals surface area contributed by atoms with Gasteiger partial charge in [0.25, 0.3) is 17.3 Å². The molecule has 1 N–H and O–H groups in total. The lowest BCUT2D eigenvalue weighted by Gasteiger charge is -2.07. The number of hydrogen-bond acceptors (Lipinski definition) is 6. The average molecular weight is 439 g/mol. The number of amides is 1. The quantitative estimate of drug-likeness (QED) is 0.270. The van der Waals surface area contributed by atoms with E-state index in [0.29, 0.717) is 6.07 Å². The lowest BCUT2D eigenvalue weighted by atomic mass is 10.1. The van der Waals surface area contributed by atoms with E-state index in [9.17, 15) is 42.6 Å². The average Bonchev–Trinajstić information content (AvgIpc) is 3.16. The first-order valence-corrected chi connectivity index (χ1v) is 8.17. The summed E-state index contributed by atoms with van der Waals surface area (Å²) in [4.78, 5) is 32.3. The number of carbonyl (C=O) groups is 1. The van der Waals surface area contributed by atoms with E-state index in [2.05, 4.69) is 10.4 Å². The van der Waals surface area contributed by atoms with E-state index in [4.69, 9.17) is 0 Å². The summed E-state index contributed by atoms with van der Waals surface area (Å²) in [5, 5.41) is 27.8. The van der Waals surface area contributed by atoms with Crippen LogP contribution in [0.15, 0.2) is 36.5 Å². The van der Waals surface area contributed by atoms with Crippen molar-refractivity contribution in [1.82, 2.24) is 9.78 Å². The molecule has 14 heteroatoms. The van der Waals surface area contributed by atoms with Crippen LogP contribution in [0.2, 0.25) is 0 Å². The summed E-state index contributed by atoms with van der Waals surface area (Å²) in [6.45, 7) is -0.718. The van der Waals surface area contributed by atoms with Crippen LogP contribution in [-0.4, -0.2) is 25.5 Å². The minimum atomic E-state index is -1.61. The fourth-order valence-electron chi connectivity index (χ4n) is 2.57. The Kier molecular flexibility index (Phi) is 5.63. The second-order valence-electron chi connectivity index (χ2n) is 6.05. The van der Waals surface area contributed by atoms with Crippen LogP contribution < -0.4 is 5.32 Å². The van der Waals surface area contributed by atoms with Crippen LogP contribution in [0.1, 0.15) is 15.9 Å². The first-order valence-electron chi connectivity index (χ1n) is 8.17. The highest BCUT2D eigenvalue weighted by molar-refractivity contribution is 6.04. The van der Waals surface area contributed by atoms with Gasteiger partial charge in [-0.05, 0) is 0 Å². The first-order chi connectivity index (χ1) is 14.6. The normalized spacial score (nSPS) is 10.7. The maximum absolute atomic E-state index is 13.8. The van der Waals surface area contributed by atoms with Crippen molar-refractivity contribution in [3.05, 3.63) is 91.2 Å². The van der Waals surface area contributed by atoms with Crippen molar-refractivity contribution in [2.24, 2.45) is 0 Å². The zero-order valence-corrected chi connectivity index (χ0v) is 15.0. The van der Waals surface area contributed by atoms with Crippen molar-refractivity contribution in [3.63, 3.8) is 0 Å². The van der Waals surface area contributed by atoms with Crippen LogP contribution in [-0.2, 0) is 6.54 Å². The SMILES string of the molecule is O=C(Nc1ccn(Cc2c(F)c(F)cc(F)c2F)n1)c1cc([N+](=O)[O-])cc([N+](=O)[O-])c1. The van der Waals surface area contributed by atoms with Crippen LogP contribution >= 0.6 is 0 Å². The van der Waals surface area contributed by atoms with E-state index >= 15 is 0 Å². The predicted molar refractivity (Wildman–Crippen MR) is 95.3 cm³/mol. The topological polar surface area (TPSA) is 133 Å². The Hall–Kier alpha value is -4.36. The Balaban J connectivity index is 1.83. The van der Waals surface area contributed by atoms with Crippen LogP contribution in [0.3, 0.4) is 0 Å². The molecule has 0 bridgehead atoms. The van der Waals surface area contributed by atoms with E-state index in [1.807, 2.05) is 0 Å². The third kappa shape index (κ3) is 4.47. The van der Waals surface area contributed by atoms with Gasteiger partial charge in [-0.1, -0.05) is 0 Å². The lowest BCUT2D eigenvalue weighted by molar-refractivity contribution is -0.394. The molecule has 0 spiro atoms. The molecule has 0 unspecified atom stereocenters. The largest absolute Gasteiger partial charge is 0.305 e. The Morgan fingerprint density at radius 3 is 2.03 bits per heavy atom. The molecule has 0 aliphatic rings. The van der Waals surface area contributed by atoms with E-state index in [0.717, 1.165) is 29.1 Å². The first kappa shape index (κ1) is 21.4. The summed E-state index contributed by atoms with van der Waals surface area (Å²) in [6.07, 6.45) is 1.13. The Morgan fingerprint density at radius 2 is 1.52 bits per heavy atom. The molecule has 1 amide bonds. The van der Waals surface area contributed by atoms with E-state index in [1.165, 1.54) is 0 Å². The molecule has 1 aromatic heterocycles. The number of nitro benzene ring substituents is 2. The monoisotopic (exact) mass is 439 g/mol. The second-order valence-corrected chi connectivity index (χ2v) is 6.05. The van der Waals surface area contributed by atoms with Gasteiger partial charge in [0.1, 0.15) is 0 Å². The third-order valence-electron chi connectivity index (χ3n) is 3.99. The third-order valence-corrected chi connectivity index (χ3v) is 3.99. The minimum Gasteiger partial charge on any atom is -0.305 e. The molecular formula is C17H9F4N5O5. The van der Waals surface area contributed by atoms with Crippen molar-refractivity contribution in [1.29, 1.82) is 0 Å². The molecule has 3 rings (SSSR count). The fourth-order valence-corrected chi connectivity index (χ4v) is 2.57. The number of non-ortho nitro benzene ring substituents is 2. The molecule has 2 aromatic carbocycles. The molecule has 0 aliphatic carbocycles. The van der Waals surface area contributed by atoms with Gasteiger partial charge in [0, 0.05) is 30.5 Å². The number of anilines is 1. The zero-order valence-electron chi connectivity index (χ0n) is 15.0. The number of hydrogen-bond donors (Lipinski definition) is 1. The van der Waals surface area contributed by atoms with Gasteiger partial charge >= 0.3 is 0 Å². The number of nitro groups is 2. The molecule has 0 saturated heterocycles. The highest BCUT2D eigenvalue weighted by atomic mass is 19.2. The summed E-state index contributed by atoms with van der Waals surface area (Å²) in [5.74, 6) is -7.60. The molecule has 31 heavy (non-hydrogen) atoms. The molecule has 0 saturated carbocycles. The molecule has 1 heterocycles. The van der Waals surface area contributed by atoms with Crippen LogP contribution in [0.5, 0.6) is 0 Å². The Bertz CT molecular complexity index is 1170. The number of rotatable bonds is 6. The van der Waals surface area contributed by atoms with Gasteiger partial charge in [0.15, 0.2) is 29.1 Å². The summed E-state index contributed by atoms with van der Waals surface area (Å²) in [5.41, 5.74) is -2.74. The Labute approximate surface area is 169 Å². The van der Waals surface area contributed by atoms with Crippen molar-refractivity contribution in [2.45, 2.75) is 6.54 Å². The molecule has 160 valence electrons. The smallest absolute Gasteiger partial charge is 0.277 e. The lowest BCUT2D eigenvalue weighted by Crippen LogP contribution is -2.14. The Morgan fingerprint density at radius 1 is 0.968 bits per heavy atom. The molecule has 10 nitrogen and oxygen atoms in total. The maximum atomic E-state index is 13.8. The van der Waals surface area contributed by atoms with Crippen LogP contribution in [0, 0.1) is 43.5 Å². The number of carbonyl (C=O) groups excluding carboxylic acids is 1. The number of halogens is 4. The molecule has 0 atom stereocenters. The molecular weight excluding hydrogens is 430 g/mol. The van der Waals surface area contributed by atoms with Gasteiger partial charge in [0.2, 0.25) is 0 Å². The van der Waals surface area contributed by atoms with E-state index in [1.54, 1.807) is 0 Å². The molecule has 0 fully saturated rings. The number of benzene rings is 2. The second kappa shape index (κ2) is 8.17. The summed E-state index contributed by atoms with van der Waals surface area (Å²) in [6, 6.07) is 3.50. The van der Waals surface area contributed by atoms with Gasteiger partial charge in [-0.15, -0.1) is 0 Å². The minimum absolute atomic E-state index is 0.0567. The van der Waals surface area contributed by atoms with Gasteiger partial charge < -0.3 is 5.32 Å². The van der Waals surface area contributed by atoms with Crippen molar-refractivity contribution in [3.8, 4) is 0 Å². The highest BCUT2D eigenvalue weighted by Gasteiger charge is 2.22. The zero-order chi connectivity index (χ0) is 22.9. The van der Waals surface area contributed by atoms with Gasteiger partial charge in [-0.25, -0.2) is 17.6 Å². The highest BCUT2D eigenvalue weighted by Crippen LogP contribution is 2.24. The summed E-state index contributed by atoms with van der Waals surface area (Å²) < 4.78 is 55.0. The molecule has 0 radical (unpaired) electrons. The van der Waals surface area contributed by atoms with Crippen molar-refractivity contribution >= 4 is 23.1 Å². The van der Waals surface area contributed by atoms with Crippen molar-refractivity contribution < 1.29 is 32.2 Å². The summed E-state index contributed by atoms with van der Waals surface area (Å²) >= 11 is 0. The van der Waals surface area contributed by atoms with Crippen LogP contribution in [0.4, 0.5) is 34.8 Å². The van der Waals surface area contributed by atoms with Crippen LogP contribution in [0.25, 0.3) is 0 Å². The predicted octanol–water partition coefficient (Wildman–Crippen LogP) is 3.56. The van der Waals surface area contributed by atoms with Gasteiger partial charge in [-0.2, -0.15) is 5.10 Å². The number of nitrogens with one attached hydrogen (secondary N) is 1. The van der Waals surface area contributed by atoms with E-state index in [-0.39, 0.29) is 11.9 Å². The summed E-state index contributed by atoms with van der Waals surface area (Å²) in [7, 11) is 0. The van der Waals surface area contributed by atoms with Gasteiger partial charge in [0.05, 0.1) is 33.6 Å². The molecule has 0 aliphatic heterocycles. The van der Waals surface area contributed by atoms with E-state index < -0.39 is 68.1 Å². The fraction of sp³-hybridized carbons (Fsp3) is 0.0588. The number of aromatic nitrogens is 2. The standard InChI is InChI=1S/C17H9F4N5O5/c18-12-6-13(19)16(21)11(15(12)20)7-24-2-1-14(23-24)22-17(27)8-3-9(25(28)29)5-10(4-8)26(30)31/h1-6H,7H2,(H,22,23,27). The number of nitrogens with zero attached hydrogens (tertiary/aromatic N) is 4. The van der Waals surface area contributed by atoms with Crippen molar-refractivity contribution in [2.75, 3.05) is 5.32 Å². The van der Waals surface area contributed by atoms with Gasteiger partial charge in [-0.3, -0.25) is 29.7 Å². The maximum Gasteiger partial charge on any atom is 0.277 e. The molecule has 3 aromatic rings.